The van der Waals surface area contributed by atoms with E-state index in [-0.39, 0.29) is 11.8 Å². The van der Waals surface area contributed by atoms with Crippen molar-refractivity contribution in [2.75, 3.05) is 11.9 Å². The summed E-state index contributed by atoms with van der Waals surface area (Å²) in [6, 6.07) is 24.4. The van der Waals surface area contributed by atoms with E-state index in [0.29, 0.717) is 6.54 Å². The number of aromatic nitrogens is 1. The molecule has 1 aliphatic heterocycles. The van der Waals surface area contributed by atoms with Crippen molar-refractivity contribution in [3.63, 3.8) is 0 Å². The van der Waals surface area contributed by atoms with Crippen LogP contribution in [0.15, 0.2) is 72.8 Å². The number of fused-ring (bicyclic) bond motifs is 3. The fraction of sp³-hybridized carbons (Fsp3) is 0.136. The molecule has 5 rings (SSSR count). The monoisotopic (exact) mass is 326 g/mol. The maximum atomic E-state index is 13.2. The Morgan fingerprint density at radius 2 is 1.60 bits per heavy atom. The van der Waals surface area contributed by atoms with Crippen molar-refractivity contribution in [1.82, 2.24) is 4.57 Å². The lowest BCUT2D eigenvalue weighted by Gasteiger charge is -2.33. The number of rotatable bonds is 2. The Morgan fingerprint density at radius 1 is 0.880 bits per heavy atom. The van der Waals surface area contributed by atoms with Crippen LogP contribution in [0, 0.1) is 0 Å². The van der Waals surface area contributed by atoms with Gasteiger partial charge in [0.1, 0.15) is 6.04 Å². The zero-order chi connectivity index (χ0) is 17.0. The SMILES string of the molecule is CN(c1ccccc1)C1Cn2c3ccccc3c3cccc(c32)C1=O. The molecule has 0 bridgehead atoms. The van der Waals surface area contributed by atoms with Crippen molar-refractivity contribution in [2.24, 2.45) is 0 Å². The lowest BCUT2D eigenvalue weighted by atomic mass is 9.97. The molecule has 1 unspecified atom stereocenters. The molecule has 0 radical (unpaired) electrons. The first-order valence-corrected chi connectivity index (χ1v) is 8.58. The minimum Gasteiger partial charge on any atom is -0.362 e. The molecule has 0 N–H and O–H groups in total. The van der Waals surface area contributed by atoms with Gasteiger partial charge in [0.05, 0.1) is 12.1 Å². The fourth-order valence-electron chi connectivity index (χ4n) is 4.07. The Balaban J connectivity index is 1.73. The molecule has 1 atom stereocenters. The molecule has 25 heavy (non-hydrogen) atoms. The van der Waals surface area contributed by atoms with Crippen LogP contribution < -0.4 is 4.90 Å². The third-order valence-electron chi connectivity index (χ3n) is 5.35. The van der Waals surface area contributed by atoms with Gasteiger partial charge in [0.15, 0.2) is 5.78 Å². The Labute approximate surface area is 146 Å². The van der Waals surface area contributed by atoms with Crippen LogP contribution in [0.1, 0.15) is 10.4 Å². The number of anilines is 1. The van der Waals surface area contributed by atoms with Crippen LogP contribution in [0.5, 0.6) is 0 Å². The molecule has 0 spiro atoms. The third-order valence-corrected chi connectivity index (χ3v) is 5.35. The van der Waals surface area contributed by atoms with Crippen molar-refractivity contribution in [1.29, 1.82) is 0 Å². The second-order valence-corrected chi connectivity index (χ2v) is 6.66. The molecule has 1 aromatic heterocycles. The lowest BCUT2D eigenvalue weighted by molar-refractivity contribution is 0.0947. The first-order valence-electron chi connectivity index (χ1n) is 8.58. The zero-order valence-electron chi connectivity index (χ0n) is 14.0. The van der Waals surface area contributed by atoms with Crippen molar-refractivity contribution >= 4 is 33.3 Å². The highest BCUT2D eigenvalue weighted by atomic mass is 16.1. The summed E-state index contributed by atoms with van der Waals surface area (Å²) < 4.78 is 2.31. The van der Waals surface area contributed by atoms with E-state index in [4.69, 9.17) is 0 Å². The normalized spacial score (nSPS) is 16.5. The average molecular weight is 326 g/mol. The smallest absolute Gasteiger partial charge is 0.189 e. The Bertz CT molecular complexity index is 1110. The molecule has 122 valence electrons. The quantitative estimate of drug-likeness (QED) is 0.542. The first-order chi connectivity index (χ1) is 12.3. The van der Waals surface area contributed by atoms with Crippen LogP contribution in [0.25, 0.3) is 21.8 Å². The second-order valence-electron chi connectivity index (χ2n) is 6.66. The third kappa shape index (κ3) is 1.96. The molecular weight excluding hydrogens is 308 g/mol. The molecule has 0 amide bonds. The van der Waals surface area contributed by atoms with Crippen molar-refractivity contribution in [3.05, 3.63) is 78.4 Å². The highest BCUT2D eigenvalue weighted by Crippen LogP contribution is 2.36. The molecule has 2 heterocycles. The Hall–Kier alpha value is -3.07. The lowest BCUT2D eigenvalue weighted by Crippen LogP contribution is -2.44. The molecule has 0 saturated heterocycles. The minimum absolute atomic E-state index is 0.198. The molecule has 0 saturated carbocycles. The summed E-state index contributed by atoms with van der Waals surface area (Å²) in [4.78, 5) is 15.3. The Morgan fingerprint density at radius 3 is 2.44 bits per heavy atom. The van der Waals surface area contributed by atoms with E-state index < -0.39 is 0 Å². The number of Topliss-reactive ketones (excluding diaryl/α,β-unsaturated/α-hetero) is 1. The summed E-state index contributed by atoms with van der Waals surface area (Å²) in [5.41, 5.74) is 4.16. The number of likely N-dealkylation sites (N-methyl/N-ethyl adjacent to an activating group) is 1. The average Bonchev–Trinajstić information content (AvgIpc) is 3.00. The number of para-hydroxylation sites is 3. The molecule has 1 aliphatic rings. The van der Waals surface area contributed by atoms with Gasteiger partial charge in [-0.15, -0.1) is 0 Å². The van der Waals surface area contributed by atoms with Gasteiger partial charge in [-0.3, -0.25) is 4.79 Å². The fourth-order valence-corrected chi connectivity index (χ4v) is 4.07. The van der Waals surface area contributed by atoms with Crippen LogP contribution >= 0.6 is 0 Å². The topological polar surface area (TPSA) is 25.2 Å². The largest absolute Gasteiger partial charge is 0.362 e. The first kappa shape index (κ1) is 14.3. The predicted molar refractivity (Wildman–Crippen MR) is 102 cm³/mol. The van der Waals surface area contributed by atoms with Crippen molar-refractivity contribution < 1.29 is 4.79 Å². The summed E-state index contributed by atoms with van der Waals surface area (Å²) in [6.45, 7) is 0.672. The molecule has 3 aromatic carbocycles. The van der Waals surface area contributed by atoms with E-state index >= 15 is 0 Å². The maximum absolute atomic E-state index is 13.2. The Kier molecular flexibility index (Phi) is 2.98. The van der Waals surface area contributed by atoms with Crippen LogP contribution in [-0.2, 0) is 6.54 Å². The highest BCUT2D eigenvalue weighted by molar-refractivity contribution is 6.19. The number of hydrogen-bond donors (Lipinski definition) is 0. The van der Waals surface area contributed by atoms with Gasteiger partial charge in [0.2, 0.25) is 0 Å². The summed E-state index contributed by atoms with van der Waals surface area (Å²) >= 11 is 0. The van der Waals surface area contributed by atoms with E-state index in [1.54, 1.807) is 0 Å². The summed E-state index contributed by atoms with van der Waals surface area (Å²) in [5.74, 6) is 0.201. The number of carbonyl (C=O) groups excluding carboxylic acids is 1. The molecule has 0 fully saturated rings. The van der Waals surface area contributed by atoms with Crippen molar-refractivity contribution in [2.45, 2.75) is 12.6 Å². The van der Waals surface area contributed by atoms with Gasteiger partial charge in [0.25, 0.3) is 0 Å². The second kappa shape index (κ2) is 5.21. The van der Waals surface area contributed by atoms with Crippen molar-refractivity contribution in [3.8, 4) is 0 Å². The molecule has 3 nitrogen and oxygen atoms in total. The van der Waals surface area contributed by atoms with Gasteiger partial charge < -0.3 is 9.47 Å². The van der Waals surface area contributed by atoms with Crippen LogP contribution in [-0.4, -0.2) is 23.4 Å². The summed E-state index contributed by atoms with van der Waals surface area (Å²) in [6.07, 6.45) is 0. The van der Waals surface area contributed by atoms with Crippen LogP contribution in [0.3, 0.4) is 0 Å². The van der Waals surface area contributed by atoms with E-state index in [1.807, 2.05) is 37.4 Å². The zero-order valence-corrected chi connectivity index (χ0v) is 14.0. The summed E-state index contributed by atoms with van der Waals surface area (Å²) in [7, 11) is 2.01. The van der Waals surface area contributed by atoms with Gasteiger partial charge in [-0.05, 0) is 24.3 Å². The highest BCUT2D eigenvalue weighted by Gasteiger charge is 2.33. The number of ketones is 1. The van der Waals surface area contributed by atoms with E-state index in [0.717, 1.165) is 16.8 Å². The molecular formula is C22H18N2O. The number of nitrogens with zero attached hydrogens (tertiary/aromatic N) is 2. The summed E-state index contributed by atoms with van der Waals surface area (Å²) in [5, 5.41) is 2.39. The standard InChI is InChI=1S/C22H18N2O/c1-23(15-8-3-2-4-9-15)20-14-24-19-13-6-5-10-16(19)17-11-7-12-18(21(17)24)22(20)25/h2-13,20H,14H2,1H3. The molecule has 4 aromatic rings. The number of benzene rings is 3. The van der Waals surface area contributed by atoms with Gasteiger partial charge >= 0.3 is 0 Å². The van der Waals surface area contributed by atoms with Gasteiger partial charge in [-0.25, -0.2) is 0 Å². The van der Waals surface area contributed by atoms with Gasteiger partial charge in [-0.1, -0.05) is 48.5 Å². The van der Waals surface area contributed by atoms with Crippen LogP contribution in [0.4, 0.5) is 5.69 Å². The minimum atomic E-state index is -0.198. The van der Waals surface area contributed by atoms with Gasteiger partial charge in [0, 0.05) is 34.6 Å². The predicted octanol–water partition coefficient (Wildman–Crippen LogP) is 4.50. The van der Waals surface area contributed by atoms with E-state index in [9.17, 15) is 4.79 Å². The maximum Gasteiger partial charge on any atom is 0.189 e. The van der Waals surface area contributed by atoms with E-state index in [2.05, 4.69) is 51.9 Å². The van der Waals surface area contributed by atoms with Gasteiger partial charge in [-0.2, -0.15) is 0 Å². The van der Waals surface area contributed by atoms with Crippen LogP contribution in [0.2, 0.25) is 0 Å². The molecule has 3 heteroatoms. The molecule has 0 aliphatic carbocycles. The van der Waals surface area contributed by atoms with E-state index in [1.165, 1.54) is 16.3 Å². The number of carbonyl (C=O) groups is 1. The number of hydrogen-bond acceptors (Lipinski definition) is 2.